The predicted octanol–water partition coefficient (Wildman–Crippen LogP) is 2.39. The Morgan fingerprint density at radius 2 is 1.79 bits per heavy atom. The van der Waals surface area contributed by atoms with Crippen molar-refractivity contribution in [2.75, 3.05) is 31.1 Å². The number of aromatic nitrogens is 3. The Labute approximate surface area is 164 Å². The summed E-state index contributed by atoms with van der Waals surface area (Å²) in [7, 11) is -4.11. The van der Waals surface area contributed by atoms with Gasteiger partial charge in [0.25, 0.3) is 0 Å². The van der Waals surface area contributed by atoms with Gasteiger partial charge in [0.05, 0.1) is 0 Å². The third-order valence-electron chi connectivity index (χ3n) is 4.32. The molecule has 3 aromatic rings. The normalized spacial score (nSPS) is 15.7. The number of anilines is 1. The van der Waals surface area contributed by atoms with Gasteiger partial charge < -0.3 is 4.90 Å². The molecule has 0 saturated carbocycles. The Balaban J connectivity index is 1.48. The fourth-order valence-electron chi connectivity index (χ4n) is 2.87. The smallest absolute Gasteiger partial charge is 0.246 e. The zero-order valence-corrected chi connectivity index (χ0v) is 16.1. The summed E-state index contributed by atoms with van der Waals surface area (Å²) >= 11 is 1.37. The van der Waals surface area contributed by atoms with E-state index in [0.29, 0.717) is 35.0 Å². The number of halogens is 2. The topological polar surface area (TPSA) is 79.3 Å². The van der Waals surface area contributed by atoms with E-state index in [1.807, 2.05) is 23.1 Å². The largest absolute Gasteiger partial charge is 0.344 e. The Hall–Kier alpha value is -2.50. The van der Waals surface area contributed by atoms with Crippen LogP contribution in [0.1, 0.15) is 0 Å². The number of hydrogen-bond donors (Lipinski definition) is 0. The summed E-state index contributed by atoms with van der Waals surface area (Å²) < 4.78 is 53.8. The van der Waals surface area contributed by atoms with E-state index in [-0.39, 0.29) is 13.1 Å². The monoisotopic (exact) mass is 423 g/mol. The summed E-state index contributed by atoms with van der Waals surface area (Å²) in [6.45, 7) is 1.01. The molecule has 0 unspecified atom stereocenters. The van der Waals surface area contributed by atoms with E-state index in [2.05, 4.69) is 15.2 Å². The highest BCUT2D eigenvalue weighted by molar-refractivity contribution is 7.89. The Bertz CT molecular complexity index is 1080. The molecule has 11 heteroatoms. The molecule has 0 spiro atoms. The van der Waals surface area contributed by atoms with Gasteiger partial charge in [-0.15, -0.1) is 10.2 Å². The van der Waals surface area contributed by atoms with Crippen molar-refractivity contribution in [1.82, 2.24) is 19.5 Å². The highest BCUT2D eigenvalue weighted by Gasteiger charge is 2.32. The lowest BCUT2D eigenvalue weighted by molar-refractivity contribution is 0.381. The summed E-state index contributed by atoms with van der Waals surface area (Å²) in [5, 5.41) is 9.64. The van der Waals surface area contributed by atoms with Gasteiger partial charge in [0.1, 0.15) is 22.2 Å². The zero-order chi connectivity index (χ0) is 19.7. The van der Waals surface area contributed by atoms with Crippen molar-refractivity contribution in [2.24, 2.45) is 0 Å². The summed E-state index contributed by atoms with van der Waals surface area (Å²) in [6.07, 6.45) is 1.67. The van der Waals surface area contributed by atoms with Crippen LogP contribution in [0.2, 0.25) is 0 Å². The average Bonchev–Trinajstić information content (AvgIpc) is 3.21. The molecule has 7 nitrogen and oxygen atoms in total. The quantitative estimate of drug-likeness (QED) is 0.641. The summed E-state index contributed by atoms with van der Waals surface area (Å²) in [4.78, 5) is 5.51. The van der Waals surface area contributed by atoms with Gasteiger partial charge in [-0.25, -0.2) is 17.2 Å². The fraction of sp³-hybridized carbons (Fsp3) is 0.235. The molecule has 1 aromatic carbocycles. The number of benzene rings is 1. The molecule has 1 aliphatic heterocycles. The van der Waals surface area contributed by atoms with Crippen LogP contribution in [0.25, 0.3) is 10.7 Å². The first-order valence-electron chi connectivity index (χ1n) is 8.40. The summed E-state index contributed by atoms with van der Waals surface area (Å²) in [5.74, 6) is -1.76. The van der Waals surface area contributed by atoms with Crippen LogP contribution in [0.3, 0.4) is 0 Å². The molecule has 1 fully saturated rings. The van der Waals surface area contributed by atoms with E-state index < -0.39 is 26.6 Å². The molecule has 28 heavy (non-hydrogen) atoms. The number of nitrogens with zero attached hydrogens (tertiary/aromatic N) is 5. The molecule has 1 aliphatic rings. The van der Waals surface area contributed by atoms with Crippen molar-refractivity contribution in [1.29, 1.82) is 0 Å². The standard InChI is InChI=1S/C17H15F2N5O2S2/c18-12-4-5-13(19)15(11-12)28(25,26)24-9-7-23(8-10-24)17-22-21-16(27-17)14-3-1-2-6-20-14/h1-6,11H,7-10H2. The van der Waals surface area contributed by atoms with E-state index in [1.54, 1.807) is 6.20 Å². The van der Waals surface area contributed by atoms with Crippen molar-refractivity contribution < 1.29 is 17.2 Å². The van der Waals surface area contributed by atoms with Crippen molar-refractivity contribution in [3.63, 3.8) is 0 Å². The number of sulfonamides is 1. The van der Waals surface area contributed by atoms with E-state index in [9.17, 15) is 17.2 Å². The van der Waals surface area contributed by atoms with Crippen molar-refractivity contribution in [2.45, 2.75) is 4.90 Å². The summed E-state index contributed by atoms with van der Waals surface area (Å²) in [5.41, 5.74) is 0.717. The van der Waals surface area contributed by atoms with Crippen LogP contribution >= 0.6 is 11.3 Å². The molecular weight excluding hydrogens is 408 g/mol. The van der Waals surface area contributed by atoms with Crippen LogP contribution in [0.5, 0.6) is 0 Å². The second kappa shape index (κ2) is 7.49. The van der Waals surface area contributed by atoms with Crippen LogP contribution in [-0.2, 0) is 10.0 Å². The maximum atomic E-state index is 13.9. The second-order valence-corrected chi connectivity index (χ2v) is 8.93. The van der Waals surface area contributed by atoms with E-state index in [4.69, 9.17) is 0 Å². The molecule has 146 valence electrons. The van der Waals surface area contributed by atoms with Gasteiger partial charge in [0, 0.05) is 32.4 Å². The molecule has 0 radical (unpaired) electrons. The van der Waals surface area contributed by atoms with Gasteiger partial charge in [-0.3, -0.25) is 4.98 Å². The third kappa shape index (κ3) is 3.60. The fourth-order valence-corrected chi connectivity index (χ4v) is 5.24. The number of piperazine rings is 1. The summed E-state index contributed by atoms with van der Waals surface area (Å²) in [6, 6.07) is 7.92. The maximum absolute atomic E-state index is 13.9. The average molecular weight is 423 g/mol. The third-order valence-corrected chi connectivity index (χ3v) is 7.24. The Kier molecular flexibility index (Phi) is 5.04. The van der Waals surface area contributed by atoms with E-state index in [1.165, 1.54) is 11.3 Å². The molecular formula is C17H15F2N5O2S2. The van der Waals surface area contributed by atoms with Crippen LogP contribution in [-0.4, -0.2) is 54.1 Å². The van der Waals surface area contributed by atoms with E-state index in [0.717, 1.165) is 16.4 Å². The van der Waals surface area contributed by atoms with Crippen molar-refractivity contribution in [3.8, 4) is 10.7 Å². The number of pyridine rings is 1. The lowest BCUT2D eigenvalue weighted by atomic mass is 10.3. The minimum atomic E-state index is -4.11. The van der Waals surface area contributed by atoms with Crippen molar-refractivity contribution >= 4 is 26.5 Å². The molecule has 1 saturated heterocycles. The zero-order valence-electron chi connectivity index (χ0n) is 14.5. The number of hydrogen-bond acceptors (Lipinski definition) is 7. The van der Waals surface area contributed by atoms with Gasteiger partial charge in [-0.05, 0) is 30.3 Å². The molecule has 4 rings (SSSR count). The second-order valence-electron chi connectivity index (χ2n) is 6.07. The first-order chi connectivity index (χ1) is 13.4. The Morgan fingerprint density at radius 3 is 2.50 bits per heavy atom. The lowest BCUT2D eigenvalue weighted by Gasteiger charge is -2.33. The van der Waals surface area contributed by atoms with Gasteiger partial charge in [0.2, 0.25) is 15.2 Å². The molecule has 0 atom stereocenters. The predicted molar refractivity (Wildman–Crippen MR) is 100 cm³/mol. The maximum Gasteiger partial charge on any atom is 0.246 e. The first-order valence-corrected chi connectivity index (χ1v) is 10.7. The highest BCUT2D eigenvalue weighted by Crippen LogP contribution is 2.29. The molecule has 0 amide bonds. The first kappa shape index (κ1) is 18.8. The van der Waals surface area contributed by atoms with Gasteiger partial charge >= 0.3 is 0 Å². The highest BCUT2D eigenvalue weighted by atomic mass is 32.2. The van der Waals surface area contributed by atoms with Crippen LogP contribution in [0.15, 0.2) is 47.5 Å². The molecule has 0 N–H and O–H groups in total. The molecule has 0 aliphatic carbocycles. The van der Waals surface area contributed by atoms with Crippen LogP contribution in [0.4, 0.5) is 13.9 Å². The van der Waals surface area contributed by atoms with Gasteiger partial charge in [-0.1, -0.05) is 17.4 Å². The van der Waals surface area contributed by atoms with E-state index >= 15 is 0 Å². The minimum absolute atomic E-state index is 0.136. The molecule has 0 bridgehead atoms. The van der Waals surface area contributed by atoms with Gasteiger partial charge in [0.15, 0.2) is 5.01 Å². The van der Waals surface area contributed by atoms with Gasteiger partial charge in [-0.2, -0.15) is 4.31 Å². The number of rotatable bonds is 4. The Morgan fingerprint density at radius 1 is 1.00 bits per heavy atom. The van der Waals surface area contributed by atoms with Crippen LogP contribution < -0.4 is 4.90 Å². The molecule has 3 heterocycles. The minimum Gasteiger partial charge on any atom is -0.344 e. The lowest BCUT2D eigenvalue weighted by Crippen LogP contribution is -2.48. The SMILES string of the molecule is O=S(=O)(c1cc(F)ccc1F)N1CCN(c2nnc(-c3ccccn3)s2)CC1. The van der Waals surface area contributed by atoms with Crippen molar-refractivity contribution in [3.05, 3.63) is 54.2 Å². The van der Waals surface area contributed by atoms with Crippen LogP contribution in [0, 0.1) is 11.6 Å². The molecule has 2 aromatic heterocycles.